The molecule has 3 heteroatoms. The molecule has 3 nitrogen and oxygen atoms in total. The summed E-state index contributed by atoms with van der Waals surface area (Å²) in [4.78, 5) is 0. The summed E-state index contributed by atoms with van der Waals surface area (Å²) in [5, 5.41) is 0. The summed E-state index contributed by atoms with van der Waals surface area (Å²) in [6.07, 6.45) is 8.86. The first-order chi connectivity index (χ1) is 10.2. The topological polar surface area (TPSA) is 44.5 Å². The molecular formula is C18H25NO2. The molecule has 3 aliphatic rings. The Balaban J connectivity index is 1.61. The second-order valence-corrected chi connectivity index (χ2v) is 7.19. The van der Waals surface area contributed by atoms with E-state index in [9.17, 15) is 0 Å². The molecule has 2 unspecified atom stereocenters. The second kappa shape index (κ2) is 4.91. The quantitative estimate of drug-likeness (QED) is 0.899. The number of rotatable bonds is 2. The fraction of sp³-hybridized carbons (Fsp3) is 0.667. The normalized spacial score (nSPS) is 35.1. The standard InChI is InChI=1S/C18H25NO2/c1-20-14-6-7-17-15(9-14)16(19)11-18(21-17)8-2-3-13(10-18)12-4-5-12/h6-7,9,12-13,16H,2-5,8,10-11,19H2,1H3/t13?,16-,18?/m1/s1. The van der Waals surface area contributed by atoms with E-state index in [1.807, 2.05) is 18.2 Å². The summed E-state index contributed by atoms with van der Waals surface area (Å²) in [7, 11) is 1.69. The van der Waals surface area contributed by atoms with Gasteiger partial charge in [0.25, 0.3) is 0 Å². The van der Waals surface area contributed by atoms with E-state index in [0.29, 0.717) is 0 Å². The molecule has 2 saturated carbocycles. The van der Waals surface area contributed by atoms with Gasteiger partial charge >= 0.3 is 0 Å². The van der Waals surface area contributed by atoms with Crippen LogP contribution in [-0.4, -0.2) is 12.7 Å². The molecular weight excluding hydrogens is 262 g/mol. The van der Waals surface area contributed by atoms with Crippen molar-refractivity contribution in [3.63, 3.8) is 0 Å². The molecule has 0 radical (unpaired) electrons. The van der Waals surface area contributed by atoms with Crippen molar-refractivity contribution < 1.29 is 9.47 Å². The second-order valence-electron chi connectivity index (χ2n) is 7.19. The average molecular weight is 287 g/mol. The number of fused-ring (bicyclic) bond motifs is 1. The van der Waals surface area contributed by atoms with Gasteiger partial charge in [0.15, 0.2) is 0 Å². The van der Waals surface area contributed by atoms with Gasteiger partial charge in [-0.15, -0.1) is 0 Å². The molecule has 1 aliphatic heterocycles. The lowest BCUT2D eigenvalue weighted by Gasteiger charge is -2.46. The molecule has 21 heavy (non-hydrogen) atoms. The van der Waals surface area contributed by atoms with Crippen LogP contribution in [0.3, 0.4) is 0 Å². The molecule has 0 saturated heterocycles. The third-order valence-corrected chi connectivity index (χ3v) is 5.66. The molecule has 2 fully saturated rings. The van der Waals surface area contributed by atoms with Crippen LogP contribution in [0.4, 0.5) is 0 Å². The van der Waals surface area contributed by atoms with Crippen LogP contribution in [0.1, 0.15) is 56.6 Å². The third kappa shape index (κ3) is 2.42. The fourth-order valence-electron chi connectivity index (χ4n) is 4.44. The Hall–Kier alpha value is -1.22. The summed E-state index contributed by atoms with van der Waals surface area (Å²) >= 11 is 0. The SMILES string of the molecule is COc1ccc2c(c1)[C@H](N)CC1(CCCC(C3CC3)C1)O2. The minimum Gasteiger partial charge on any atom is -0.497 e. The molecule has 1 aromatic rings. The predicted octanol–water partition coefficient (Wildman–Crippen LogP) is 3.82. The maximum atomic E-state index is 6.50. The lowest BCUT2D eigenvalue weighted by Crippen LogP contribution is -2.46. The Morgan fingerprint density at radius 1 is 1.19 bits per heavy atom. The molecule has 2 N–H and O–H groups in total. The van der Waals surface area contributed by atoms with Crippen molar-refractivity contribution in [2.75, 3.05) is 7.11 Å². The largest absolute Gasteiger partial charge is 0.497 e. The van der Waals surface area contributed by atoms with Gasteiger partial charge < -0.3 is 15.2 Å². The summed E-state index contributed by atoms with van der Waals surface area (Å²) in [5.74, 6) is 3.68. The summed E-state index contributed by atoms with van der Waals surface area (Å²) < 4.78 is 11.8. The van der Waals surface area contributed by atoms with Crippen LogP contribution in [0.25, 0.3) is 0 Å². The van der Waals surface area contributed by atoms with Crippen molar-refractivity contribution >= 4 is 0 Å². The number of hydrogen-bond acceptors (Lipinski definition) is 3. The van der Waals surface area contributed by atoms with Crippen LogP contribution >= 0.6 is 0 Å². The van der Waals surface area contributed by atoms with Crippen LogP contribution in [0, 0.1) is 11.8 Å². The van der Waals surface area contributed by atoms with Gasteiger partial charge in [0, 0.05) is 18.0 Å². The Morgan fingerprint density at radius 2 is 2.05 bits per heavy atom. The van der Waals surface area contributed by atoms with Crippen LogP contribution < -0.4 is 15.2 Å². The highest BCUT2D eigenvalue weighted by molar-refractivity contribution is 5.44. The molecule has 0 amide bonds. The molecule has 0 aromatic heterocycles. The molecule has 2 aliphatic carbocycles. The summed E-state index contributed by atoms with van der Waals surface area (Å²) in [6.45, 7) is 0. The molecule has 0 bridgehead atoms. The number of ether oxygens (including phenoxy) is 2. The van der Waals surface area contributed by atoms with E-state index in [4.69, 9.17) is 15.2 Å². The van der Waals surface area contributed by atoms with Gasteiger partial charge in [0.2, 0.25) is 0 Å². The van der Waals surface area contributed by atoms with Crippen LogP contribution in [-0.2, 0) is 0 Å². The lowest BCUT2D eigenvalue weighted by atomic mass is 9.71. The maximum Gasteiger partial charge on any atom is 0.125 e. The molecule has 1 heterocycles. The highest BCUT2D eigenvalue weighted by atomic mass is 16.5. The molecule has 114 valence electrons. The highest BCUT2D eigenvalue weighted by Gasteiger charge is 2.46. The molecule has 3 atom stereocenters. The van der Waals surface area contributed by atoms with Gasteiger partial charge in [-0.2, -0.15) is 0 Å². The van der Waals surface area contributed by atoms with E-state index < -0.39 is 0 Å². The van der Waals surface area contributed by atoms with E-state index in [1.165, 1.54) is 32.1 Å². The van der Waals surface area contributed by atoms with E-state index in [2.05, 4.69) is 0 Å². The van der Waals surface area contributed by atoms with Gasteiger partial charge in [-0.05, 0) is 68.6 Å². The Bertz CT molecular complexity index is 540. The average Bonchev–Trinajstić information content (AvgIpc) is 3.32. The zero-order valence-corrected chi connectivity index (χ0v) is 12.8. The van der Waals surface area contributed by atoms with Crippen LogP contribution in [0.2, 0.25) is 0 Å². The van der Waals surface area contributed by atoms with Crippen molar-refractivity contribution in [2.24, 2.45) is 17.6 Å². The number of hydrogen-bond donors (Lipinski definition) is 1. The Labute approximate surface area is 126 Å². The predicted molar refractivity (Wildman–Crippen MR) is 82.6 cm³/mol. The van der Waals surface area contributed by atoms with Crippen molar-refractivity contribution in [3.8, 4) is 11.5 Å². The monoisotopic (exact) mass is 287 g/mol. The smallest absolute Gasteiger partial charge is 0.125 e. The van der Waals surface area contributed by atoms with Crippen molar-refractivity contribution in [3.05, 3.63) is 23.8 Å². The van der Waals surface area contributed by atoms with Gasteiger partial charge in [-0.1, -0.05) is 0 Å². The number of methoxy groups -OCH3 is 1. The van der Waals surface area contributed by atoms with E-state index >= 15 is 0 Å². The highest BCUT2D eigenvalue weighted by Crippen LogP contribution is 2.52. The first kappa shape index (κ1) is 13.4. The van der Waals surface area contributed by atoms with E-state index in [-0.39, 0.29) is 11.6 Å². The van der Waals surface area contributed by atoms with Crippen LogP contribution in [0.5, 0.6) is 11.5 Å². The number of nitrogens with two attached hydrogens (primary N) is 1. The zero-order chi connectivity index (χ0) is 14.4. The number of benzene rings is 1. The zero-order valence-electron chi connectivity index (χ0n) is 12.8. The fourth-order valence-corrected chi connectivity index (χ4v) is 4.44. The van der Waals surface area contributed by atoms with E-state index in [0.717, 1.165) is 41.7 Å². The van der Waals surface area contributed by atoms with Crippen molar-refractivity contribution in [1.29, 1.82) is 0 Å². The summed E-state index contributed by atoms with van der Waals surface area (Å²) in [6, 6.07) is 6.12. The third-order valence-electron chi connectivity index (χ3n) is 5.66. The van der Waals surface area contributed by atoms with Gasteiger partial charge in [-0.25, -0.2) is 0 Å². The van der Waals surface area contributed by atoms with Crippen molar-refractivity contribution in [2.45, 2.75) is 56.6 Å². The minimum absolute atomic E-state index is 0.00743. The van der Waals surface area contributed by atoms with Crippen LogP contribution in [0.15, 0.2) is 18.2 Å². The maximum absolute atomic E-state index is 6.50. The molecule has 1 spiro atoms. The summed E-state index contributed by atoms with van der Waals surface area (Å²) in [5.41, 5.74) is 7.57. The van der Waals surface area contributed by atoms with Gasteiger partial charge in [0.1, 0.15) is 17.1 Å². The van der Waals surface area contributed by atoms with Gasteiger partial charge in [0.05, 0.1) is 7.11 Å². The van der Waals surface area contributed by atoms with Crippen molar-refractivity contribution in [1.82, 2.24) is 0 Å². The minimum atomic E-state index is -0.00743. The Kier molecular flexibility index (Phi) is 3.14. The Morgan fingerprint density at radius 3 is 2.81 bits per heavy atom. The van der Waals surface area contributed by atoms with Gasteiger partial charge in [-0.3, -0.25) is 0 Å². The lowest BCUT2D eigenvalue weighted by molar-refractivity contribution is -0.0208. The first-order valence-corrected chi connectivity index (χ1v) is 8.32. The first-order valence-electron chi connectivity index (χ1n) is 8.32. The van der Waals surface area contributed by atoms with E-state index in [1.54, 1.807) is 7.11 Å². The molecule has 4 rings (SSSR count). The molecule has 1 aromatic carbocycles.